The smallest absolute Gasteiger partial charge is 0.267 e. The summed E-state index contributed by atoms with van der Waals surface area (Å²) < 4.78 is 64.4. The zero-order valence-electron chi connectivity index (χ0n) is 15.8. The molecule has 0 unspecified atom stereocenters. The Hall–Kier alpha value is -3.43. The first-order chi connectivity index (χ1) is 14.0. The summed E-state index contributed by atoms with van der Waals surface area (Å²) >= 11 is 0. The summed E-state index contributed by atoms with van der Waals surface area (Å²) in [6.45, 7) is 3.40. The van der Waals surface area contributed by atoms with Crippen LogP contribution in [0.25, 0.3) is 11.3 Å². The summed E-state index contributed by atoms with van der Waals surface area (Å²) in [6.07, 6.45) is -4.88. The van der Waals surface area contributed by atoms with E-state index in [0.29, 0.717) is 5.69 Å². The Bertz CT molecular complexity index is 1100. The molecule has 0 aliphatic rings. The number of nitrogens with one attached hydrogen (secondary N) is 1. The number of amides is 1. The van der Waals surface area contributed by atoms with E-state index in [0.717, 1.165) is 17.4 Å². The van der Waals surface area contributed by atoms with Crippen molar-refractivity contribution in [2.45, 2.75) is 25.6 Å². The molecule has 0 aliphatic carbocycles. The number of halogens is 5. The van der Waals surface area contributed by atoms with E-state index in [2.05, 4.69) is 15.0 Å². The van der Waals surface area contributed by atoms with Gasteiger partial charge in [0, 0.05) is 5.41 Å². The molecule has 0 aromatic carbocycles. The van der Waals surface area contributed by atoms with Crippen LogP contribution in [0.5, 0.6) is 0 Å². The van der Waals surface area contributed by atoms with Gasteiger partial charge in [-0.05, 0) is 50.2 Å². The first kappa shape index (κ1) is 21.3. The highest BCUT2D eigenvalue weighted by molar-refractivity contribution is 5.92. The molecule has 156 valence electrons. The second-order valence-corrected chi connectivity index (χ2v) is 6.87. The lowest BCUT2D eigenvalue weighted by Gasteiger charge is -2.24. The van der Waals surface area contributed by atoms with Crippen LogP contribution in [0.2, 0.25) is 0 Å². The predicted octanol–water partition coefficient (Wildman–Crippen LogP) is 4.39. The summed E-state index contributed by atoms with van der Waals surface area (Å²) in [4.78, 5) is 23.4. The van der Waals surface area contributed by atoms with Crippen LogP contribution in [0.3, 0.4) is 0 Å². The summed E-state index contributed by atoms with van der Waals surface area (Å²) in [6, 6.07) is 11.0. The molecule has 30 heavy (non-hydrogen) atoms. The highest BCUT2D eigenvalue weighted by Crippen LogP contribution is 2.31. The largest absolute Gasteiger partial charge is 0.484 e. The van der Waals surface area contributed by atoms with Crippen molar-refractivity contribution in [1.29, 1.82) is 0 Å². The van der Waals surface area contributed by atoms with Gasteiger partial charge in [0.05, 0.1) is 22.6 Å². The van der Waals surface area contributed by atoms with Crippen LogP contribution >= 0.6 is 0 Å². The van der Waals surface area contributed by atoms with Gasteiger partial charge in [0.1, 0.15) is 5.69 Å². The van der Waals surface area contributed by atoms with Gasteiger partial charge in [0.2, 0.25) is 11.9 Å². The standard InChI is InChI=1S/C20H15F5N4O/c1-19(2,15-8-4-6-13(27-15)18(30)29-20(23,24)25)14-7-3-5-12(26-14)11-9-10-16(21)28-17(11)22/h3-10H,1-2H3,(H,29,30). The number of hydrogen-bond donors (Lipinski definition) is 1. The minimum atomic E-state index is -4.88. The van der Waals surface area contributed by atoms with E-state index >= 15 is 0 Å². The molecule has 1 N–H and O–H groups in total. The topological polar surface area (TPSA) is 67.8 Å². The molecule has 3 heterocycles. The number of hydrogen-bond acceptors (Lipinski definition) is 4. The van der Waals surface area contributed by atoms with Gasteiger partial charge in [-0.15, -0.1) is 0 Å². The van der Waals surface area contributed by atoms with Gasteiger partial charge in [-0.2, -0.15) is 26.9 Å². The van der Waals surface area contributed by atoms with Gasteiger partial charge in [0.25, 0.3) is 5.91 Å². The number of nitrogens with zero attached hydrogens (tertiary/aromatic N) is 3. The van der Waals surface area contributed by atoms with Gasteiger partial charge < -0.3 is 0 Å². The van der Waals surface area contributed by atoms with Crippen molar-refractivity contribution in [1.82, 2.24) is 20.3 Å². The molecule has 3 aromatic rings. The number of rotatable bonds is 4. The monoisotopic (exact) mass is 422 g/mol. The lowest BCUT2D eigenvalue weighted by molar-refractivity contribution is -0.146. The SMILES string of the molecule is CC(C)(c1cccc(C(=O)NC(F)(F)F)n1)c1cccc(-c2ccc(F)nc2F)n1. The maximum Gasteiger partial charge on any atom is 0.484 e. The lowest BCUT2D eigenvalue weighted by atomic mass is 9.84. The zero-order valence-corrected chi connectivity index (χ0v) is 15.8. The fraction of sp³-hybridized carbons (Fsp3) is 0.200. The second kappa shape index (κ2) is 7.77. The Morgan fingerprint density at radius 3 is 2.13 bits per heavy atom. The molecule has 0 spiro atoms. The Morgan fingerprint density at radius 2 is 1.50 bits per heavy atom. The number of carbonyl (C=O) groups excluding carboxylic acids is 1. The van der Waals surface area contributed by atoms with Crippen LogP contribution in [0, 0.1) is 11.9 Å². The van der Waals surface area contributed by atoms with Crippen molar-refractivity contribution in [3.63, 3.8) is 0 Å². The van der Waals surface area contributed by atoms with E-state index in [4.69, 9.17) is 0 Å². The van der Waals surface area contributed by atoms with Gasteiger partial charge in [-0.1, -0.05) is 12.1 Å². The minimum absolute atomic E-state index is 0.0136. The van der Waals surface area contributed by atoms with Crippen molar-refractivity contribution >= 4 is 5.91 Å². The first-order valence-corrected chi connectivity index (χ1v) is 8.64. The number of alkyl halides is 3. The average Bonchev–Trinajstić information content (AvgIpc) is 2.67. The molecular weight excluding hydrogens is 407 g/mol. The summed E-state index contributed by atoms with van der Waals surface area (Å²) in [7, 11) is 0. The fourth-order valence-electron chi connectivity index (χ4n) is 2.77. The predicted molar refractivity (Wildman–Crippen MR) is 97.3 cm³/mol. The Labute approximate surface area is 168 Å². The third-order valence-electron chi connectivity index (χ3n) is 4.36. The van der Waals surface area contributed by atoms with Gasteiger partial charge in [-0.3, -0.25) is 15.1 Å². The molecule has 0 aliphatic heterocycles. The quantitative estimate of drug-likeness (QED) is 0.385. The number of carbonyl (C=O) groups is 1. The zero-order chi connectivity index (χ0) is 22.1. The van der Waals surface area contributed by atoms with Crippen molar-refractivity contribution in [3.8, 4) is 11.3 Å². The number of aromatic nitrogens is 3. The molecule has 0 saturated carbocycles. The molecule has 10 heteroatoms. The van der Waals surface area contributed by atoms with Crippen LogP contribution in [0.1, 0.15) is 35.7 Å². The number of pyridine rings is 3. The summed E-state index contributed by atoms with van der Waals surface area (Å²) in [5, 5.41) is 0.899. The van der Waals surface area contributed by atoms with Gasteiger partial charge >= 0.3 is 6.30 Å². The minimum Gasteiger partial charge on any atom is -0.267 e. The van der Waals surface area contributed by atoms with Gasteiger partial charge in [-0.25, -0.2) is 4.98 Å². The molecule has 0 fully saturated rings. The highest BCUT2D eigenvalue weighted by atomic mass is 19.4. The molecule has 3 rings (SSSR count). The third kappa shape index (κ3) is 4.58. The van der Waals surface area contributed by atoms with Crippen LogP contribution in [0.4, 0.5) is 22.0 Å². The summed E-state index contributed by atoms with van der Waals surface area (Å²) in [5.41, 5.74) is -0.502. The Morgan fingerprint density at radius 1 is 0.867 bits per heavy atom. The van der Waals surface area contributed by atoms with Crippen LogP contribution < -0.4 is 5.32 Å². The fourth-order valence-corrected chi connectivity index (χ4v) is 2.77. The van der Waals surface area contributed by atoms with Crippen LogP contribution in [0.15, 0.2) is 48.5 Å². The molecule has 1 amide bonds. The second-order valence-electron chi connectivity index (χ2n) is 6.87. The molecule has 3 aromatic heterocycles. The van der Waals surface area contributed by atoms with E-state index in [1.807, 2.05) is 0 Å². The van der Waals surface area contributed by atoms with Crippen molar-refractivity contribution < 1.29 is 26.7 Å². The Kier molecular flexibility index (Phi) is 5.51. The van der Waals surface area contributed by atoms with E-state index in [1.165, 1.54) is 18.2 Å². The first-order valence-electron chi connectivity index (χ1n) is 8.64. The highest BCUT2D eigenvalue weighted by Gasteiger charge is 2.32. The van der Waals surface area contributed by atoms with E-state index in [9.17, 15) is 26.7 Å². The van der Waals surface area contributed by atoms with Crippen molar-refractivity contribution in [2.75, 3.05) is 0 Å². The molecule has 0 saturated heterocycles. The molecule has 0 atom stereocenters. The van der Waals surface area contributed by atoms with Gasteiger partial charge in [0.15, 0.2) is 0 Å². The van der Waals surface area contributed by atoms with Crippen LogP contribution in [-0.2, 0) is 5.41 Å². The maximum absolute atomic E-state index is 14.0. The molecule has 0 bridgehead atoms. The van der Waals surface area contributed by atoms with Crippen molar-refractivity contribution in [3.05, 3.63) is 77.5 Å². The summed E-state index contributed by atoms with van der Waals surface area (Å²) in [5.74, 6) is -3.38. The lowest BCUT2D eigenvalue weighted by Crippen LogP contribution is -2.38. The molecular formula is C20H15F5N4O. The van der Waals surface area contributed by atoms with E-state index < -0.39 is 35.2 Å². The van der Waals surface area contributed by atoms with Crippen LogP contribution in [-0.4, -0.2) is 27.2 Å². The normalized spacial score (nSPS) is 12.0. The maximum atomic E-state index is 14.0. The Balaban J connectivity index is 1.98. The average molecular weight is 422 g/mol. The van der Waals surface area contributed by atoms with E-state index in [1.54, 1.807) is 32.0 Å². The molecule has 0 radical (unpaired) electrons. The third-order valence-corrected chi connectivity index (χ3v) is 4.36. The molecule has 5 nitrogen and oxygen atoms in total. The van der Waals surface area contributed by atoms with E-state index in [-0.39, 0.29) is 17.0 Å². The van der Waals surface area contributed by atoms with Crippen molar-refractivity contribution in [2.24, 2.45) is 0 Å².